The maximum atomic E-state index is 6.04. The van der Waals surface area contributed by atoms with Crippen LogP contribution >= 0.6 is 0 Å². The van der Waals surface area contributed by atoms with Crippen LogP contribution in [0.25, 0.3) is 0 Å². The Morgan fingerprint density at radius 1 is 1.18 bits per heavy atom. The first-order valence-electron chi connectivity index (χ1n) is 7.02. The van der Waals surface area contributed by atoms with Crippen molar-refractivity contribution >= 4 is 0 Å². The summed E-state index contributed by atoms with van der Waals surface area (Å²) in [5.41, 5.74) is 9.80. The van der Waals surface area contributed by atoms with Crippen LogP contribution in [0.3, 0.4) is 0 Å². The summed E-state index contributed by atoms with van der Waals surface area (Å²) in [5, 5.41) is 2.38. The minimum absolute atomic E-state index is 0.0500. The first-order valence-corrected chi connectivity index (χ1v) is 7.02. The van der Waals surface area contributed by atoms with E-state index < -0.39 is 0 Å². The van der Waals surface area contributed by atoms with Crippen molar-refractivity contribution in [2.75, 3.05) is 19.6 Å². The monoisotopic (exact) mass is 241 g/mol. The van der Waals surface area contributed by atoms with Crippen LogP contribution in [0, 0.1) is 0 Å². The zero-order chi connectivity index (χ0) is 12.3. The van der Waals surface area contributed by atoms with Crippen molar-refractivity contribution in [1.29, 1.82) is 0 Å². The highest BCUT2D eigenvalue weighted by molar-refractivity contribution is 4.95. The third-order valence-corrected chi connectivity index (χ3v) is 3.96. The van der Waals surface area contributed by atoms with Gasteiger partial charge in [0.25, 0.3) is 0 Å². The van der Waals surface area contributed by atoms with Gasteiger partial charge in [-0.15, -0.1) is 0 Å². The first-order chi connectivity index (χ1) is 8.13. The van der Waals surface area contributed by atoms with Gasteiger partial charge in [-0.1, -0.05) is 6.42 Å². The summed E-state index contributed by atoms with van der Waals surface area (Å²) in [6, 6.07) is 0. The Labute approximate surface area is 105 Å². The van der Waals surface area contributed by atoms with Crippen molar-refractivity contribution in [3.8, 4) is 0 Å². The van der Waals surface area contributed by atoms with Gasteiger partial charge in [-0.25, -0.2) is 10.4 Å². The van der Waals surface area contributed by atoms with Gasteiger partial charge in [0.1, 0.15) is 0 Å². The summed E-state index contributed by atoms with van der Waals surface area (Å²) >= 11 is 0. The van der Waals surface area contributed by atoms with E-state index >= 15 is 0 Å². The molecule has 4 nitrogen and oxygen atoms in total. The van der Waals surface area contributed by atoms with Gasteiger partial charge in [-0.2, -0.15) is 0 Å². The Kier molecular flexibility index (Phi) is 4.42. The molecule has 0 amide bonds. The molecule has 3 N–H and O–H groups in total. The third-order valence-electron chi connectivity index (χ3n) is 3.96. The van der Waals surface area contributed by atoms with Crippen molar-refractivity contribution in [2.24, 2.45) is 5.73 Å². The molecule has 2 atom stereocenters. The summed E-state index contributed by atoms with van der Waals surface area (Å²) in [6.45, 7) is 7.31. The Morgan fingerprint density at radius 3 is 2.29 bits per heavy atom. The molecule has 0 spiro atoms. The number of rotatable bonds is 3. The zero-order valence-corrected chi connectivity index (χ0v) is 11.2. The molecule has 0 aromatic carbocycles. The molecule has 2 saturated heterocycles. The van der Waals surface area contributed by atoms with Crippen LogP contribution in [-0.2, 0) is 4.74 Å². The molecular weight excluding hydrogens is 214 g/mol. The van der Waals surface area contributed by atoms with E-state index in [1.54, 1.807) is 0 Å². The summed E-state index contributed by atoms with van der Waals surface area (Å²) in [4.78, 5) is 0. The van der Waals surface area contributed by atoms with Crippen molar-refractivity contribution in [1.82, 2.24) is 10.4 Å². The molecule has 2 heterocycles. The lowest BCUT2D eigenvalue weighted by atomic mass is 9.84. The Morgan fingerprint density at radius 2 is 1.76 bits per heavy atom. The molecule has 0 aromatic heterocycles. The summed E-state index contributed by atoms with van der Waals surface area (Å²) in [6.07, 6.45) is 6.61. The Bertz CT molecular complexity index is 231. The molecule has 2 fully saturated rings. The highest BCUT2D eigenvalue weighted by Crippen LogP contribution is 2.28. The topological polar surface area (TPSA) is 50.5 Å². The smallest absolute Gasteiger partial charge is 0.0569 e. The second kappa shape index (κ2) is 5.65. The van der Waals surface area contributed by atoms with Gasteiger partial charge < -0.3 is 10.5 Å². The molecule has 2 aliphatic heterocycles. The van der Waals surface area contributed by atoms with E-state index in [0.29, 0.717) is 18.8 Å². The van der Waals surface area contributed by atoms with Crippen LogP contribution in [0.2, 0.25) is 0 Å². The fraction of sp³-hybridized carbons (Fsp3) is 1.00. The van der Waals surface area contributed by atoms with Gasteiger partial charge in [0, 0.05) is 25.2 Å². The largest absolute Gasteiger partial charge is 0.375 e. The molecule has 100 valence electrons. The molecule has 4 heteroatoms. The number of piperidine rings is 1. The first kappa shape index (κ1) is 13.3. The average molecular weight is 241 g/mol. The van der Waals surface area contributed by atoms with Crippen LogP contribution < -0.4 is 11.2 Å². The van der Waals surface area contributed by atoms with Gasteiger partial charge in [0.05, 0.1) is 12.2 Å². The maximum Gasteiger partial charge on any atom is 0.0569 e. The molecule has 2 unspecified atom stereocenters. The van der Waals surface area contributed by atoms with Crippen molar-refractivity contribution in [3.63, 3.8) is 0 Å². The fourth-order valence-electron chi connectivity index (χ4n) is 3.32. The summed E-state index contributed by atoms with van der Waals surface area (Å²) in [5.74, 6) is 0. The van der Waals surface area contributed by atoms with E-state index in [0.717, 1.165) is 25.9 Å². The molecule has 0 bridgehead atoms. The molecule has 0 aliphatic carbocycles. The minimum atomic E-state index is 0.0500. The maximum absolute atomic E-state index is 6.04. The SMILES string of the molecule is CC1CC(CN)(NN2CCCCC2)CC(C)O1. The second-order valence-corrected chi connectivity index (χ2v) is 5.81. The number of nitrogens with one attached hydrogen (secondary N) is 1. The van der Waals surface area contributed by atoms with E-state index in [1.165, 1.54) is 19.3 Å². The van der Waals surface area contributed by atoms with Crippen LogP contribution in [0.15, 0.2) is 0 Å². The molecule has 17 heavy (non-hydrogen) atoms. The minimum Gasteiger partial charge on any atom is -0.375 e. The van der Waals surface area contributed by atoms with Gasteiger partial charge in [-0.05, 0) is 39.5 Å². The number of ether oxygens (including phenoxy) is 1. The van der Waals surface area contributed by atoms with Crippen molar-refractivity contribution in [2.45, 2.75) is 63.7 Å². The summed E-state index contributed by atoms with van der Waals surface area (Å²) in [7, 11) is 0. The van der Waals surface area contributed by atoms with Gasteiger partial charge in [0.2, 0.25) is 0 Å². The Balaban J connectivity index is 1.97. The van der Waals surface area contributed by atoms with E-state index in [1.807, 2.05) is 0 Å². The molecule has 0 radical (unpaired) electrons. The van der Waals surface area contributed by atoms with Gasteiger partial charge in [0.15, 0.2) is 0 Å². The zero-order valence-electron chi connectivity index (χ0n) is 11.2. The lowest BCUT2D eigenvalue weighted by Gasteiger charge is -2.46. The van der Waals surface area contributed by atoms with Gasteiger partial charge >= 0.3 is 0 Å². The number of nitrogens with zero attached hydrogens (tertiary/aromatic N) is 1. The number of hydrogen-bond donors (Lipinski definition) is 2. The standard InChI is InChI=1S/C13H27N3O/c1-11-8-13(10-14,9-12(2)17-11)15-16-6-4-3-5-7-16/h11-12,15H,3-10,14H2,1-2H3. The summed E-state index contributed by atoms with van der Waals surface area (Å²) < 4.78 is 5.82. The van der Waals surface area contributed by atoms with Crippen LogP contribution in [0.1, 0.15) is 46.0 Å². The van der Waals surface area contributed by atoms with Crippen LogP contribution in [0.4, 0.5) is 0 Å². The van der Waals surface area contributed by atoms with E-state index in [-0.39, 0.29) is 5.54 Å². The van der Waals surface area contributed by atoms with Crippen molar-refractivity contribution < 1.29 is 4.74 Å². The molecule has 0 aromatic rings. The van der Waals surface area contributed by atoms with E-state index in [2.05, 4.69) is 24.3 Å². The lowest BCUT2D eigenvalue weighted by Crippen LogP contribution is -2.63. The molecular formula is C13H27N3O. The molecule has 0 saturated carbocycles. The Hall–Kier alpha value is -0.160. The number of hydrazine groups is 1. The fourth-order valence-corrected chi connectivity index (χ4v) is 3.32. The number of hydrogen-bond acceptors (Lipinski definition) is 4. The van der Waals surface area contributed by atoms with E-state index in [4.69, 9.17) is 10.5 Å². The average Bonchev–Trinajstić information content (AvgIpc) is 2.29. The lowest BCUT2D eigenvalue weighted by molar-refractivity contribution is -0.0865. The normalized spacial score (nSPS) is 40.4. The quantitative estimate of drug-likeness (QED) is 0.781. The second-order valence-electron chi connectivity index (χ2n) is 5.81. The van der Waals surface area contributed by atoms with Crippen LogP contribution in [-0.4, -0.2) is 42.4 Å². The number of nitrogens with two attached hydrogens (primary N) is 1. The predicted octanol–water partition coefficient (Wildman–Crippen LogP) is 1.26. The highest BCUT2D eigenvalue weighted by Gasteiger charge is 2.38. The van der Waals surface area contributed by atoms with Crippen LogP contribution in [0.5, 0.6) is 0 Å². The highest BCUT2D eigenvalue weighted by atomic mass is 16.5. The predicted molar refractivity (Wildman–Crippen MR) is 69.6 cm³/mol. The van der Waals surface area contributed by atoms with Crippen molar-refractivity contribution in [3.05, 3.63) is 0 Å². The molecule has 2 rings (SSSR count). The third kappa shape index (κ3) is 3.41. The van der Waals surface area contributed by atoms with Gasteiger partial charge in [-0.3, -0.25) is 0 Å². The van der Waals surface area contributed by atoms with E-state index in [9.17, 15) is 0 Å². The molecule has 2 aliphatic rings.